The zero-order chi connectivity index (χ0) is 13.0. The molecule has 0 saturated carbocycles. The van der Waals surface area contributed by atoms with Gasteiger partial charge in [-0.15, -0.1) is 0 Å². The number of carbonyl (C=O) groups excluding carboxylic acids is 1. The minimum absolute atomic E-state index is 0.255. The molecule has 0 aromatic carbocycles. The van der Waals surface area contributed by atoms with E-state index < -0.39 is 0 Å². The maximum Gasteiger partial charge on any atom is 0.271 e. The number of amides is 1. The molecule has 2 heterocycles. The maximum atomic E-state index is 11.7. The van der Waals surface area contributed by atoms with Gasteiger partial charge in [0.05, 0.1) is 24.6 Å². The molecule has 0 aliphatic rings. The van der Waals surface area contributed by atoms with Crippen molar-refractivity contribution < 1.29 is 9.32 Å². The average Bonchev–Trinajstić information content (AvgIpc) is 2.82. The molecular formula is C11H13N5O2. The van der Waals surface area contributed by atoms with E-state index in [1.54, 1.807) is 13.1 Å². The van der Waals surface area contributed by atoms with Gasteiger partial charge in [-0.2, -0.15) is 0 Å². The van der Waals surface area contributed by atoms with Crippen LogP contribution in [0.1, 0.15) is 21.9 Å². The Morgan fingerprint density at radius 1 is 1.39 bits per heavy atom. The van der Waals surface area contributed by atoms with Crippen LogP contribution in [-0.2, 0) is 6.54 Å². The van der Waals surface area contributed by atoms with Crippen molar-refractivity contribution in [3.8, 4) is 0 Å². The van der Waals surface area contributed by atoms with Crippen molar-refractivity contribution in [3.63, 3.8) is 0 Å². The molecule has 0 aliphatic carbocycles. The summed E-state index contributed by atoms with van der Waals surface area (Å²) in [6.07, 6.45) is 2.90. The summed E-state index contributed by atoms with van der Waals surface area (Å²) >= 11 is 0. The van der Waals surface area contributed by atoms with Crippen LogP contribution in [0.15, 0.2) is 23.0 Å². The minimum Gasteiger partial charge on any atom is -0.372 e. The molecule has 2 aromatic rings. The molecule has 2 N–H and O–H groups in total. The Labute approximate surface area is 104 Å². The molecule has 2 rings (SSSR count). The Balaban J connectivity index is 1.94. The first-order valence-corrected chi connectivity index (χ1v) is 5.39. The summed E-state index contributed by atoms with van der Waals surface area (Å²) in [4.78, 5) is 19.7. The van der Waals surface area contributed by atoms with Crippen molar-refractivity contribution in [2.45, 2.75) is 13.5 Å². The maximum absolute atomic E-state index is 11.7. The number of anilines is 1. The predicted molar refractivity (Wildman–Crippen MR) is 64.0 cm³/mol. The molecule has 0 radical (unpaired) electrons. The number of nitrogens with zero attached hydrogens (tertiary/aromatic N) is 3. The van der Waals surface area contributed by atoms with Crippen molar-refractivity contribution in [1.82, 2.24) is 20.4 Å². The number of rotatable bonds is 4. The summed E-state index contributed by atoms with van der Waals surface area (Å²) in [5, 5.41) is 9.22. The number of hydrogen-bond donors (Lipinski definition) is 2. The summed E-state index contributed by atoms with van der Waals surface area (Å²) in [6, 6.07) is 1.76. The van der Waals surface area contributed by atoms with E-state index in [1.807, 2.05) is 6.92 Å². The highest BCUT2D eigenvalue weighted by molar-refractivity contribution is 5.91. The predicted octanol–water partition coefficient (Wildman–Crippen LogP) is 0.745. The SMILES string of the molecule is CNc1cnc(C(=O)NCc2cc(C)no2)cn1. The number of hydrogen-bond acceptors (Lipinski definition) is 6. The first kappa shape index (κ1) is 12.0. The van der Waals surface area contributed by atoms with Crippen LogP contribution in [0.2, 0.25) is 0 Å². The smallest absolute Gasteiger partial charge is 0.271 e. The first-order chi connectivity index (χ1) is 8.69. The van der Waals surface area contributed by atoms with E-state index in [0.717, 1.165) is 5.69 Å². The molecule has 18 heavy (non-hydrogen) atoms. The quantitative estimate of drug-likeness (QED) is 0.828. The summed E-state index contributed by atoms with van der Waals surface area (Å²) in [5.74, 6) is 0.900. The summed E-state index contributed by atoms with van der Waals surface area (Å²) in [5.41, 5.74) is 1.03. The van der Waals surface area contributed by atoms with Crippen molar-refractivity contribution >= 4 is 11.7 Å². The van der Waals surface area contributed by atoms with Gasteiger partial charge in [-0.25, -0.2) is 9.97 Å². The number of aromatic nitrogens is 3. The van der Waals surface area contributed by atoms with Gasteiger partial charge in [0.15, 0.2) is 5.76 Å². The summed E-state index contributed by atoms with van der Waals surface area (Å²) < 4.78 is 4.98. The van der Waals surface area contributed by atoms with Gasteiger partial charge < -0.3 is 15.2 Å². The number of nitrogens with one attached hydrogen (secondary N) is 2. The van der Waals surface area contributed by atoms with E-state index in [-0.39, 0.29) is 18.1 Å². The van der Waals surface area contributed by atoms with Crippen LogP contribution < -0.4 is 10.6 Å². The van der Waals surface area contributed by atoms with E-state index in [9.17, 15) is 4.79 Å². The molecule has 1 amide bonds. The van der Waals surface area contributed by atoms with E-state index in [2.05, 4.69) is 25.8 Å². The van der Waals surface area contributed by atoms with Crippen molar-refractivity contribution in [1.29, 1.82) is 0 Å². The molecule has 94 valence electrons. The van der Waals surface area contributed by atoms with Gasteiger partial charge >= 0.3 is 0 Å². The Bertz CT molecular complexity index is 535. The molecule has 2 aromatic heterocycles. The van der Waals surface area contributed by atoms with Crippen LogP contribution in [0.4, 0.5) is 5.82 Å². The fraction of sp³-hybridized carbons (Fsp3) is 0.273. The Hall–Kier alpha value is -2.44. The molecule has 0 fully saturated rings. The van der Waals surface area contributed by atoms with E-state index >= 15 is 0 Å². The van der Waals surface area contributed by atoms with E-state index in [1.165, 1.54) is 12.4 Å². The van der Waals surface area contributed by atoms with Crippen molar-refractivity contribution in [2.24, 2.45) is 0 Å². The lowest BCUT2D eigenvalue weighted by Gasteiger charge is -2.02. The van der Waals surface area contributed by atoms with Gasteiger partial charge in [0.25, 0.3) is 5.91 Å². The number of carbonyl (C=O) groups is 1. The first-order valence-electron chi connectivity index (χ1n) is 5.39. The van der Waals surface area contributed by atoms with E-state index in [0.29, 0.717) is 11.6 Å². The summed E-state index contributed by atoms with van der Waals surface area (Å²) in [6.45, 7) is 2.09. The van der Waals surface area contributed by atoms with Crippen LogP contribution in [0, 0.1) is 6.92 Å². The molecule has 0 spiro atoms. The zero-order valence-corrected chi connectivity index (χ0v) is 10.1. The lowest BCUT2D eigenvalue weighted by atomic mass is 10.3. The monoisotopic (exact) mass is 247 g/mol. The third kappa shape index (κ3) is 2.82. The molecule has 0 unspecified atom stereocenters. The molecule has 0 saturated heterocycles. The van der Waals surface area contributed by atoms with Gasteiger partial charge in [0.2, 0.25) is 0 Å². The highest BCUT2D eigenvalue weighted by Crippen LogP contribution is 2.03. The normalized spacial score (nSPS) is 10.1. The van der Waals surface area contributed by atoms with Crippen LogP contribution in [-0.4, -0.2) is 28.1 Å². The molecule has 7 nitrogen and oxygen atoms in total. The lowest BCUT2D eigenvalue weighted by molar-refractivity contribution is 0.0941. The Morgan fingerprint density at radius 3 is 2.78 bits per heavy atom. The second-order valence-electron chi connectivity index (χ2n) is 3.65. The van der Waals surface area contributed by atoms with Crippen LogP contribution >= 0.6 is 0 Å². The second-order valence-corrected chi connectivity index (χ2v) is 3.65. The highest BCUT2D eigenvalue weighted by Gasteiger charge is 2.09. The fourth-order valence-electron chi connectivity index (χ4n) is 1.33. The van der Waals surface area contributed by atoms with Crippen molar-refractivity contribution in [3.05, 3.63) is 35.6 Å². The topological polar surface area (TPSA) is 92.9 Å². The minimum atomic E-state index is -0.306. The van der Waals surface area contributed by atoms with Gasteiger partial charge in [-0.3, -0.25) is 4.79 Å². The van der Waals surface area contributed by atoms with Crippen LogP contribution in [0.3, 0.4) is 0 Å². The van der Waals surface area contributed by atoms with Crippen LogP contribution in [0.5, 0.6) is 0 Å². The third-order valence-corrected chi connectivity index (χ3v) is 2.24. The molecular weight excluding hydrogens is 234 g/mol. The second kappa shape index (κ2) is 5.26. The largest absolute Gasteiger partial charge is 0.372 e. The van der Waals surface area contributed by atoms with Gasteiger partial charge in [0.1, 0.15) is 11.5 Å². The fourth-order valence-corrected chi connectivity index (χ4v) is 1.33. The van der Waals surface area contributed by atoms with E-state index in [4.69, 9.17) is 4.52 Å². The highest BCUT2D eigenvalue weighted by atomic mass is 16.5. The van der Waals surface area contributed by atoms with Gasteiger partial charge in [0, 0.05) is 13.1 Å². The summed E-state index contributed by atoms with van der Waals surface area (Å²) in [7, 11) is 1.73. The Kier molecular flexibility index (Phi) is 3.52. The third-order valence-electron chi connectivity index (χ3n) is 2.24. The molecule has 0 atom stereocenters. The van der Waals surface area contributed by atoms with Crippen molar-refractivity contribution in [2.75, 3.05) is 12.4 Å². The average molecular weight is 247 g/mol. The zero-order valence-electron chi connectivity index (χ0n) is 10.1. The number of aryl methyl sites for hydroxylation is 1. The molecule has 7 heteroatoms. The Morgan fingerprint density at radius 2 is 2.22 bits per heavy atom. The van der Waals surface area contributed by atoms with Gasteiger partial charge in [-0.1, -0.05) is 5.16 Å². The standard InChI is InChI=1S/C11H13N5O2/c1-7-3-8(18-16-7)4-15-11(17)9-5-14-10(12-2)6-13-9/h3,5-6H,4H2,1-2H3,(H,12,14)(H,15,17). The molecule has 0 bridgehead atoms. The lowest BCUT2D eigenvalue weighted by Crippen LogP contribution is -2.23. The molecule has 0 aliphatic heterocycles. The van der Waals surface area contributed by atoms with Crippen LogP contribution in [0.25, 0.3) is 0 Å². The van der Waals surface area contributed by atoms with Gasteiger partial charge in [-0.05, 0) is 6.92 Å².